The molecular formula is C19H29NO. The van der Waals surface area contributed by atoms with Gasteiger partial charge in [-0.1, -0.05) is 56.0 Å². The van der Waals surface area contributed by atoms with Crippen molar-refractivity contribution >= 4 is 0 Å². The number of aliphatic hydroxyl groups is 1. The smallest absolute Gasteiger partial charge is 0.0587 e. The van der Waals surface area contributed by atoms with Gasteiger partial charge in [0, 0.05) is 12.1 Å². The van der Waals surface area contributed by atoms with Crippen LogP contribution in [0, 0.1) is 11.8 Å². The Labute approximate surface area is 129 Å². The fourth-order valence-corrected chi connectivity index (χ4v) is 4.43. The number of aliphatic hydroxyl groups excluding tert-OH is 1. The first-order valence-corrected chi connectivity index (χ1v) is 8.76. The highest BCUT2D eigenvalue weighted by molar-refractivity contribution is 5.16. The summed E-state index contributed by atoms with van der Waals surface area (Å²) in [5.74, 6) is 1.94. The van der Waals surface area contributed by atoms with Gasteiger partial charge >= 0.3 is 0 Å². The highest BCUT2D eigenvalue weighted by atomic mass is 16.3. The minimum Gasteiger partial charge on any atom is -0.395 e. The standard InChI is InChI=1S/C19H29NO/c21-14-19(12-15-6-2-1-3-7-15)20-18-11-10-16-8-4-5-9-17(16)13-18/h1-3,6-7,16-21H,4-5,8-14H2. The topological polar surface area (TPSA) is 32.3 Å². The van der Waals surface area contributed by atoms with E-state index in [2.05, 4.69) is 35.6 Å². The maximum absolute atomic E-state index is 9.69. The predicted octanol–water partition coefficient (Wildman–Crippen LogP) is 3.54. The molecule has 0 radical (unpaired) electrons. The molecule has 0 spiro atoms. The monoisotopic (exact) mass is 287 g/mol. The molecule has 2 heteroatoms. The Balaban J connectivity index is 1.52. The number of rotatable bonds is 5. The second-order valence-electron chi connectivity index (χ2n) is 7.05. The van der Waals surface area contributed by atoms with Gasteiger partial charge in [0.05, 0.1) is 6.61 Å². The third-order valence-corrected chi connectivity index (χ3v) is 5.56. The van der Waals surface area contributed by atoms with Crippen LogP contribution in [-0.4, -0.2) is 23.8 Å². The second kappa shape index (κ2) is 7.42. The van der Waals surface area contributed by atoms with Gasteiger partial charge in [-0.05, 0) is 43.1 Å². The minimum absolute atomic E-state index is 0.206. The molecule has 2 N–H and O–H groups in total. The quantitative estimate of drug-likeness (QED) is 0.868. The third kappa shape index (κ3) is 4.08. The molecule has 0 aromatic heterocycles. The lowest BCUT2D eigenvalue weighted by Crippen LogP contribution is -2.46. The Hall–Kier alpha value is -0.860. The summed E-state index contributed by atoms with van der Waals surface area (Å²) < 4.78 is 0. The van der Waals surface area contributed by atoms with E-state index in [-0.39, 0.29) is 12.6 Å². The van der Waals surface area contributed by atoms with Crippen LogP contribution >= 0.6 is 0 Å². The molecule has 1 aromatic carbocycles. The molecule has 0 amide bonds. The highest BCUT2D eigenvalue weighted by Gasteiger charge is 2.32. The van der Waals surface area contributed by atoms with Crippen molar-refractivity contribution in [1.82, 2.24) is 5.32 Å². The van der Waals surface area contributed by atoms with E-state index < -0.39 is 0 Å². The van der Waals surface area contributed by atoms with Gasteiger partial charge in [0.2, 0.25) is 0 Å². The van der Waals surface area contributed by atoms with Crippen LogP contribution in [0.3, 0.4) is 0 Å². The van der Waals surface area contributed by atoms with Crippen molar-refractivity contribution in [2.24, 2.45) is 11.8 Å². The summed E-state index contributed by atoms with van der Waals surface area (Å²) >= 11 is 0. The van der Waals surface area contributed by atoms with E-state index in [1.807, 2.05) is 0 Å². The number of fused-ring (bicyclic) bond motifs is 1. The highest BCUT2D eigenvalue weighted by Crippen LogP contribution is 2.40. The molecule has 0 saturated heterocycles. The first-order chi connectivity index (χ1) is 10.3. The minimum atomic E-state index is 0.206. The van der Waals surface area contributed by atoms with Crippen LogP contribution in [0.15, 0.2) is 30.3 Å². The molecular weight excluding hydrogens is 258 g/mol. The maximum atomic E-state index is 9.69. The zero-order chi connectivity index (χ0) is 14.5. The Morgan fingerprint density at radius 1 is 1.00 bits per heavy atom. The van der Waals surface area contributed by atoms with Gasteiger partial charge in [0.15, 0.2) is 0 Å². The number of hydrogen-bond acceptors (Lipinski definition) is 2. The Bertz CT molecular complexity index is 419. The maximum Gasteiger partial charge on any atom is 0.0587 e. The molecule has 3 rings (SSSR count). The van der Waals surface area contributed by atoms with Crippen LogP contribution in [-0.2, 0) is 6.42 Å². The van der Waals surface area contributed by atoms with Crippen molar-refractivity contribution in [3.63, 3.8) is 0 Å². The lowest BCUT2D eigenvalue weighted by Gasteiger charge is -2.40. The predicted molar refractivity (Wildman–Crippen MR) is 87.2 cm³/mol. The molecule has 2 saturated carbocycles. The van der Waals surface area contributed by atoms with E-state index in [1.54, 1.807) is 0 Å². The van der Waals surface area contributed by atoms with Gasteiger partial charge in [-0.15, -0.1) is 0 Å². The molecule has 0 bridgehead atoms. The zero-order valence-corrected chi connectivity index (χ0v) is 13.0. The first-order valence-electron chi connectivity index (χ1n) is 8.76. The zero-order valence-electron chi connectivity index (χ0n) is 13.0. The molecule has 2 aliphatic carbocycles. The van der Waals surface area contributed by atoms with Gasteiger partial charge in [-0.3, -0.25) is 0 Å². The average Bonchev–Trinajstić information content (AvgIpc) is 2.55. The molecule has 116 valence electrons. The van der Waals surface area contributed by atoms with Crippen LogP contribution in [0.25, 0.3) is 0 Å². The summed E-state index contributed by atoms with van der Waals surface area (Å²) in [6.07, 6.45) is 10.7. The summed E-state index contributed by atoms with van der Waals surface area (Å²) in [5, 5.41) is 13.4. The van der Waals surface area contributed by atoms with Crippen molar-refractivity contribution in [3.8, 4) is 0 Å². The molecule has 4 atom stereocenters. The SMILES string of the molecule is OCC(Cc1ccccc1)NC1CCC2CCCCC2C1. The number of hydrogen-bond donors (Lipinski definition) is 2. The lowest BCUT2D eigenvalue weighted by molar-refractivity contribution is 0.129. The van der Waals surface area contributed by atoms with Gasteiger partial charge in [-0.25, -0.2) is 0 Å². The molecule has 2 aliphatic rings. The normalized spacial score (nSPS) is 30.6. The fraction of sp³-hybridized carbons (Fsp3) is 0.684. The number of benzene rings is 1. The van der Waals surface area contributed by atoms with Crippen LogP contribution in [0.5, 0.6) is 0 Å². The average molecular weight is 287 g/mol. The Morgan fingerprint density at radius 2 is 1.76 bits per heavy atom. The van der Waals surface area contributed by atoms with Crippen LogP contribution in [0.1, 0.15) is 50.5 Å². The first kappa shape index (κ1) is 15.1. The molecule has 0 aliphatic heterocycles. The van der Waals surface area contributed by atoms with E-state index in [1.165, 1.54) is 50.5 Å². The molecule has 1 aromatic rings. The van der Waals surface area contributed by atoms with Crippen molar-refractivity contribution in [3.05, 3.63) is 35.9 Å². The Kier molecular flexibility index (Phi) is 5.32. The van der Waals surface area contributed by atoms with Gasteiger partial charge < -0.3 is 10.4 Å². The molecule has 2 nitrogen and oxygen atoms in total. The Morgan fingerprint density at radius 3 is 2.52 bits per heavy atom. The second-order valence-corrected chi connectivity index (χ2v) is 7.05. The van der Waals surface area contributed by atoms with Crippen molar-refractivity contribution in [2.45, 2.75) is 63.5 Å². The molecule has 2 fully saturated rings. The van der Waals surface area contributed by atoms with Crippen molar-refractivity contribution < 1.29 is 5.11 Å². The molecule has 0 heterocycles. The van der Waals surface area contributed by atoms with Crippen LogP contribution < -0.4 is 5.32 Å². The van der Waals surface area contributed by atoms with E-state index in [9.17, 15) is 5.11 Å². The third-order valence-electron chi connectivity index (χ3n) is 5.56. The summed E-state index contributed by atoms with van der Waals surface area (Å²) in [6, 6.07) is 11.3. The summed E-state index contributed by atoms with van der Waals surface area (Å²) in [7, 11) is 0. The molecule has 4 unspecified atom stereocenters. The van der Waals surface area contributed by atoms with Gasteiger partial charge in [-0.2, -0.15) is 0 Å². The van der Waals surface area contributed by atoms with Crippen LogP contribution in [0.2, 0.25) is 0 Å². The van der Waals surface area contributed by atoms with Gasteiger partial charge in [0.25, 0.3) is 0 Å². The summed E-state index contributed by atoms with van der Waals surface area (Å²) in [6.45, 7) is 0.236. The summed E-state index contributed by atoms with van der Waals surface area (Å²) in [4.78, 5) is 0. The van der Waals surface area contributed by atoms with E-state index >= 15 is 0 Å². The van der Waals surface area contributed by atoms with E-state index in [0.29, 0.717) is 6.04 Å². The van der Waals surface area contributed by atoms with Crippen molar-refractivity contribution in [2.75, 3.05) is 6.61 Å². The molecule has 21 heavy (non-hydrogen) atoms. The largest absolute Gasteiger partial charge is 0.395 e. The van der Waals surface area contributed by atoms with Crippen LogP contribution in [0.4, 0.5) is 0 Å². The van der Waals surface area contributed by atoms with Gasteiger partial charge in [0.1, 0.15) is 0 Å². The van der Waals surface area contributed by atoms with E-state index in [0.717, 1.165) is 18.3 Å². The van der Waals surface area contributed by atoms with Crippen molar-refractivity contribution in [1.29, 1.82) is 0 Å². The number of nitrogens with one attached hydrogen (secondary N) is 1. The van der Waals surface area contributed by atoms with E-state index in [4.69, 9.17) is 0 Å². The lowest BCUT2D eigenvalue weighted by atomic mass is 9.69. The fourth-order valence-electron chi connectivity index (χ4n) is 4.43. The summed E-state index contributed by atoms with van der Waals surface area (Å²) in [5.41, 5.74) is 1.32.